The molecule has 2 rings (SSSR count). The number of halogens is 1. The molecule has 0 aliphatic rings. The molecule has 6 heteroatoms. The smallest absolute Gasteiger partial charge is 0.307 e. The van der Waals surface area contributed by atoms with Gasteiger partial charge in [-0.15, -0.1) is 11.3 Å². The van der Waals surface area contributed by atoms with Gasteiger partial charge in [-0.1, -0.05) is 18.2 Å². The number of hydrazone groups is 1. The average Bonchev–Trinajstić information content (AvgIpc) is 2.84. The normalized spacial score (nSPS) is 11.2. The molecular weight excluding hydrogens is 326 g/mol. The Morgan fingerprint density at radius 3 is 2.58 bits per heavy atom. The van der Waals surface area contributed by atoms with Crippen LogP contribution in [0.1, 0.15) is 11.8 Å². The van der Waals surface area contributed by atoms with Crippen molar-refractivity contribution in [1.29, 1.82) is 0 Å². The van der Waals surface area contributed by atoms with Crippen LogP contribution < -0.4 is 10.7 Å². The second-order valence-electron chi connectivity index (χ2n) is 3.73. The van der Waals surface area contributed by atoms with Gasteiger partial charge in [-0.05, 0) is 47.1 Å². The number of amides is 2. The Hall–Kier alpha value is -1.66. The first-order chi connectivity index (χ1) is 9.15. The Labute approximate surface area is 123 Å². The van der Waals surface area contributed by atoms with Crippen LogP contribution in [-0.4, -0.2) is 11.7 Å². The Morgan fingerprint density at radius 2 is 1.95 bits per heavy atom. The molecule has 2 N–H and O–H groups in total. The number of carbonyl (C=O) groups is 1. The highest BCUT2D eigenvalue weighted by atomic mass is 79.9. The van der Waals surface area contributed by atoms with Crippen molar-refractivity contribution in [3.05, 3.63) is 51.1 Å². The van der Waals surface area contributed by atoms with Gasteiger partial charge in [-0.25, -0.2) is 10.2 Å². The van der Waals surface area contributed by atoms with Gasteiger partial charge in [0, 0.05) is 5.69 Å². The first kappa shape index (κ1) is 13.8. The quantitative estimate of drug-likeness (QED) is 0.644. The van der Waals surface area contributed by atoms with Gasteiger partial charge >= 0.3 is 6.03 Å². The number of thiophene rings is 1. The molecule has 0 fully saturated rings. The van der Waals surface area contributed by atoms with E-state index in [1.165, 1.54) is 0 Å². The van der Waals surface area contributed by atoms with Crippen molar-refractivity contribution >= 4 is 44.7 Å². The van der Waals surface area contributed by atoms with E-state index >= 15 is 0 Å². The van der Waals surface area contributed by atoms with Gasteiger partial charge in [0.15, 0.2) is 0 Å². The lowest BCUT2D eigenvalue weighted by molar-refractivity contribution is 0.252. The molecule has 1 heterocycles. The van der Waals surface area contributed by atoms with Gasteiger partial charge in [-0.2, -0.15) is 5.10 Å². The molecule has 0 unspecified atom stereocenters. The summed E-state index contributed by atoms with van der Waals surface area (Å²) < 4.78 is 1.03. The van der Waals surface area contributed by atoms with Gasteiger partial charge < -0.3 is 5.32 Å². The molecule has 1 aromatic carbocycles. The highest BCUT2D eigenvalue weighted by Gasteiger charge is 2.03. The lowest BCUT2D eigenvalue weighted by Gasteiger charge is -2.04. The number of para-hydroxylation sites is 1. The van der Waals surface area contributed by atoms with Gasteiger partial charge in [0.05, 0.1) is 14.4 Å². The van der Waals surface area contributed by atoms with E-state index in [1.54, 1.807) is 11.3 Å². The molecule has 98 valence electrons. The van der Waals surface area contributed by atoms with Crippen LogP contribution in [0, 0.1) is 0 Å². The van der Waals surface area contributed by atoms with Crippen LogP contribution in [0.25, 0.3) is 0 Å². The second kappa shape index (κ2) is 6.49. The Balaban J connectivity index is 1.93. The Morgan fingerprint density at radius 1 is 1.21 bits per heavy atom. The first-order valence-corrected chi connectivity index (χ1v) is 7.18. The molecule has 0 atom stereocenters. The highest BCUT2D eigenvalue weighted by molar-refractivity contribution is 9.11. The molecule has 19 heavy (non-hydrogen) atoms. The van der Waals surface area contributed by atoms with Gasteiger partial charge in [0.1, 0.15) is 0 Å². The third-order valence-corrected chi connectivity index (χ3v) is 4.02. The zero-order valence-electron chi connectivity index (χ0n) is 10.2. The molecule has 2 aromatic rings. The van der Waals surface area contributed by atoms with Crippen LogP contribution in [-0.2, 0) is 0 Å². The molecule has 0 saturated heterocycles. The molecule has 0 radical (unpaired) electrons. The predicted octanol–water partition coefficient (Wildman–Crippen LogP) is 4.06. The van der Waals surface area contributed by atoms with Crippen molar-refractivity contribution in [3.63, 3.8) is 0 Å². The summed E-state index contributed by atoms with van der Waals surface area (Å²) in [7, 11) is 0. The number of nitrogens with zero attached hydrogens (tertiary/aromatic N) is 1. The number of carbonyl (C=O) groups excluding carboxylic acids is 1. The maximum absolute atomic E-state index is 11.6. The number of nitrogens with one attached hydrogen (secondary N) is 2. The fourth-order valence-corrected chi connectivity index (χ4v) is 2.71. The maximum atomic E-state index is 11.6. The minimum absolute atomic E-state index is 0.360. The molecule has 0 saturated carbocycles. The number of hydrogen-bond acceptors (Lipinski definition) is 3. The number of anilines is 1. The largest absolute Gasteiger partial charge is 0.339 e. The van der Waals surface area contributed by atoms with E-state index in [9.17, 15) is 4.79 Å². The fraction of sp³-hybridized carbons (Fsp3) is 0.0769. The molecular formula is C13H12BrN3OS. The van der Waals surface area contributed by atoms with Crippen molar-refractivity contribution in [2.24, 2.45) is 5.10 Å². The third-order valence-electron chi connectivity index (χ3n) is 2.29. The maximum Gasteiger partial charge on any atom is 0.339 e. The van der Waals surface area contributed by atoms with Crippen LogP contribution in [0.3, 0.4) is 0 Å². The van der Waals surface area contributed by atoms with E-state index in [1.807, 2.05) is 49.4 Å². The third kappa shape index (κ3) is 4.18. The molecule has 2 amide bonds. The van der Waals surface area contributed by atoms with Crippen LogP contribution in [0.15, 0.2) is 51.4 Å². The topological polar surface area (TPSA) is 53.5 Å². The SMILES string of the molecule is C/C(=N/NC(=O)Nc1ccccc1)c1ccc(Br)s1. The first-order valence-electron chi connectivity index (χ1n) is 5.57. The summed E-state index contributed by atoms with van der Waals surface area (Å²) in [5, 5.41) is 6.74. The molecule has 4 nitrogen and oxygen atoms in total. The number of rotatable bonds is 3. The fourth-order valence-electron chi connectivity index (χ4n) is 1.38. The lowest BCUT2D eigenvalue weighted by atomic mass is 10.3. The molecule has 0 aliphatic carbocycles. The van der Waals surface area contributed by atoms with E-state index in [-0.39, 0.29) is 6.03 Å². The van der Waals surface area contributed by atoms with E-state index < -0.39 is 0 Å². The van der Waals surface area contributed by atoms with Crippen LogP contribution in [0.5, 0.6) is 0 Å². The predicted molar refractivity (Wildman–Crippen MR) is 82.8 cm³/mol. The summed E-state index contributed by atoms with van der Waals surface area (Å²) in [5.41, 5.74) is 3.96. The van der Waals surface area contributed by atoms with Gasteiger partial charge in [-0.3, -0.25) is 0 Å². The summed E-state index contributed by atoms with van der Waals surface area (Å²) in [6, 6.07) is 12.8. The second-order valence-corrected chi connectivity index (χ2v) is 6.20. The van der Waals surface area contributed by atoms with Gasteiger partial charge in [0.2, 0.25) is 0 Å². The van der Waals surface area contributed by atoms with E-state index in [4.69, 9.17) is 0 Å². The summed E-state index contributed by atoms with van der Waals surface area (Å²) in [5.74, 6) is 0. The minimum atomic E-state index is -0.360. The van der Waals surface area contributed by atoms with Crippen molar-refractivity contribution in [3.8, 4) is 0 Å². The van der Waals surface area contributed by atoms with Crippen molar-refractivity contribution in [2.45, 2.75) is 6.92 Å². The van der Waals surface area contributed by atoms with E-state index in [2.05, 4.69) is 31.8 Å². The molecule has 0 aliphatic heterocycles. The zero-order valence-corrected chi connectivity index (χ0v) is 12.6. The standard InChI is InChI=1S/C13H12BrN3OS/c1-9(11-7-8-12(14)19-11)16-17-13(18)15-10-5-3-2-4-6-10/h2-8H,1H3,(H2,15,17,18)/b16-9-. The monoisotopic (exact) mass is 337 g/mol. The number of urea groups is 1. The molecule has 1 aromatic heterocycles. The van der Waals surface area contributed by atoms with Gasteiger partial charge in [0.25, 0.3) is 0 Å². The molecule has 0 bridgehead atoms. The Kier molecular flexibility index (Phi) is 4.70. The summed E-state index contributed by atoms with van der Waals surface area (Å²) in [4.78, 5) is 12.6. The van der Waals surface area contributed by atoms with Crippen molar-refractivity contribution < 1.29 is 4.79 Å². The summed E-state index contributed by atoms with van der Waals surface area (Å²) in [6.07, 6.45) is 0. The van der Waals surface area contributed by atoms with Crippen LogP contribution in [0.2, 0.25) is 0 Å². The number of benzene rings is 1. The van der Waals surface area contributed by atoms with Crippen LogP contribution >= 0.6 is 27.3 Å². The minimum Gasteiger partial charge on any atom is -0.307 e. The summed E-state index contributed by atoms with van der Waals surface area (Å²) in [6.45, 7) is 1.85. The molecule has 0 spiro atoms. The van der Waals surface area contributed by atoms with Crippen LogP contribution in [0.4, 0.5) is 10.5 Å². The highest BCUT2D eigenvalue weighted by Crippen LogP contribution is 2.22. The average molecular weight is 338 g/mol. The Bertz CT molecular complexity index is 595. The van der Waals surface area contributed by atoms with Crippen molar-refractivity contribution in [1.82, 2.24) is 5.43 Å². The number of hydrogen-bond donors (Lipinski definition) is 2. The van der Waals surface area contributed by atoms with E-state index in [0.717, 1.165) is 20.1 Å². The zero-order chi connectivity index (χ0) is 13.7. The van der Waals surface area contributed by atoms with Crippen molar-refractivity contribution in [2.75, 3.05) is 5.32 Å². The lowest BCUT2D eigenvalue weighted by Crippen LogP contribution is -2.25. The van der Waals surface area contributed by atoms with E-state index in [0.29, 0.717) is 0 Å². The summed E-state index contributed by atoms with van der Waals surface area (Å²) >= 11 is 4.95.